The molecule has 0 saturated carbocycles. The summed E-state index contributed by atoms with van der Waals surface area (Å²) in [6.45, 7) is 6.08. The second-order valence-electron chi connectivity index (χ2n) is 6.70. The van der Waals surface area contributed by atoms with E-state index in [1.165, 1.54) is 0 Å². The monoisotopic (exact) mass is 372 g/mol. The predicted molar refractivity (Wildman–Crippen MR) is 106 cm³/mol. The van der Waals surface area contributed by atoms with Crippen LogP contribution in [0.3, 0.4) is 0 Å². The number of anilines is 1. The van der Waals surface area contributed by atoms with Gasteiger partial charge in [0.15, 0.2) is 0 Å². The molecule has 26 heavy (non-hydrogen) atoms. The highest BCUT2D eigenvalue weighted by molar-refractivity contribution is 6.31. The zero-order valence-corrected chi connectivity index (χ0v) is 16.2. The van der Waals surface area contributed by atoms with Gasteiger partial charge in [0.2, 0.25) is 11.8 Å². The van der Waals surface area contributed by atoms with E-state index in [4.69, 9.17) is 11.6 Å². The maximum atomic E-state index is 12.1. The number of rotatable bonds is 7. The molecule has 2 aromatic carbocycles. The molecule has 0 saturated heterocycles. The smallest absolute Gasteiger partial charge is 0.226 e. The van der Waals surface area contributed by atoms with Gasteiger partial charge in [0.1, 0.15) is 0 Å². The third-order valence-corrected chi connectivity index (χ3v) is 4.49. The van der Waals surface area contributed by atoms with E-state index in [1.54, 1.807) is 0 Å². The second-order valence-corrected chi connectivity index (χ2v) is 7.11. The summed E-state index contributed by atoms with van der Waals surface area (Å²) >= 11 is 6.11. The first-order valence-corrected chi connectivity index (χ1v) is 9.14. The third-order valence-electron chi connectivity index (χ3n) is 4.09. The molecule has 5 heteroatoms. The first kappa shape index (κ1) is 20.0. The van der Waals surface area contributed by atoms with Crippen LogP contribution in [-0.4, -0.2) is 11.8 Å². The van der Waals surface area contributed by atoms with E-state index in [9.17, 15) is 9.59 Å². The SMILES string of the molecule is Cc1ccc(CCC(=O)NCc2cccc(NC(=O)C(C)C)c2)cc1Cl. The molecule has 0 spiro atoms. The number of aryl methyl sites for hydroxylation is 2. The van der Waals surface area contributed by atoms with Crippen molar-refractivity contribution in [2.75, 3.05) is 5.32 Å². The van der Waals surface area contributed by atoms with Crippen molar-refractivity contribution >= 4 is 29.1 Å². The van der Waals surface area contributed by atoms with E-state index in [0.29, 0.717) is 19.4 Å². The summed E-state index contributed by atoms with van der Waals surface area (Å²) in [5.41, 5.74) is 3.77. The second kappa shape index (κ2) is 9.39. The van der Waals surface area contributed by atoms with Gasteiger partial charge in [0.25, 0.3) is 0 Å². The van der Waals surface area contributed by atoms with Crippen LogP contribution in [0.25, 0.3) is 0 Å². The number of nitrogens with one attached hydrogen (secondary N) is 2. The number of amides is 2. The van der Waals surface area contributed by atoms with Gasteiger partial charge in [-0.15, -0.1) is 0 Å². The topological polar surface area (TPSA) is 58.2 Å². The molecule has 0 aliphatic rings. The number of benzene rings is 2. The van der Waals surface area contributed by atoms with Crippen molar-refractivity contribution in [2.24, 2.45) is 5.92 Å². The number of hydrogen-bond donors (Lipinski definition) is 2. The maximum absolute atomic E-state index is 12.1. The molecule has 0 atom stereocenters. The zero-order valence-electron chi connectivity index (χ0n) is 15.4. The first-order valence-electron chi connectivity index (χ1n) is 8.76. The number of carbonyl (C=O) groups is 2. The molecule has 0 aliphatic heterocycles. The van der Waals surface area contributed by atoms with Crippen LogP contribution >= 0.6 is 11.6 Å². The lowest BCUT2D eigenvalue weighted by Gasteiger charge is -2.10. The Morgan fingerprint density at radius 2 is 1.85 bits per heavy atom. The fourth-order valence-electron chi connectivity index (χ4n) is 2.38. The summed E-state index contributed by atoms with van der Waals surface area (Å²) in [5, 5.41) is 6.50. The first-order chi connectivity index (χ1) is 12.3. The molecule has 2 amide bonds. The van der Waals surface area contributed by atoms with Gasteiger partial charge in [-0.25, -0.2) is 0 Å². The quantitative estimate of drug-likeness (QED) is 0.752. The molecular weight excluding hydrogens is 348 g/mol. The lowest BCUT2D eigenvalue weighted by Crippen LogP contribution is -2.23. The predicted octanol–water partition coefficient (Wildman–Crippen LogP) is 4.49. The molecular formula is C21H25ClN2O2. The average Bonchev–Trinajstić information content (AvgIpc) is 2.61. The van der Waals surface area contributed by atoms with Gasteiger partial charge in [-0.3, -0.25) is 9.59 Å². The third kappa shape index (κ3) is 6.19. The summed E-state index contributed by atoms with van der Waals surface area (Å²) < 4.78 is 0. The van der Waals surface area contributed by atoms with Crippen LogP contribution in [0.15, 0.2) is 42.5 Å². The van der Waals surface area contributed by atoms with Gasteiger partial charge in [-0.2, -0.15) is 0 Å². The van der Waals surface area contributed by atoms with Crippen LogP contribution in [0, 0.1) is 12.8 Å². The molecule has 0 radical (unpaired) electrons. The van der Waals surface area contributed by atoms with Crippen molar-refractivity contribution in [3.63, 3.8) is 0 Å². The molecule has 0 aliphatic carbocycles. The van der Waals surface area contributed by atoms with Crippen molar-refractivity contribution in [1.82, 2.24) is 5.32 Å². The van der Waals surface area contributed by atoms with Crippen LogP contribution < -0.4 is 10.6 Å². The molecule has 4 nitrogen and oxygen atoms in total. The van der Waals surface area contributed by atoms with Crippen LogP contribution in [0.2, 0.25) is 5.02 Å². The molecule has 0 fully saturated rings. The van der Waals surface area contributed by atoms with E-state index < -0.39 is 0 Å². The molecule has 2 rings (SSSR count). The summed E-state index contributed by atoms with van der Waals surface area (Å²) in [7, 11) is 0. The van der Waals surface area contributed by atoms with Crippen LogP contribution in [-0.2, 0) is 22.6 Å². The molecule has 0 heterocycles. The van der Waals surface area contributed by atoms with Crippen molar-refractivity contribution in [1.29, 1.82) is 0 Å². The Morgan fingerprint density at radius 1 is 1.08 bits per heavy atom. The Balaban J connectivity index is 1.83. The van der Waals surface area contributed by atoms with Gasteiger partial charge >= 0.3 is 0 Å². The number of halogens is 1. The van der Waals surface area contributed by atoms with E-state index in [2.05, 4.69) is 10.6 Å². The van der Waals surface area contributed by atoms with E-state index in [1.807, 2.05) is 63.2 Å². The van der Waals surface area contributed by atoms with E-state index in [0.717, 1.165) is 27.4 Å². The van der Waals surface area contributed by atoms with Crippen LogP contribution in [0.1, 0.15) is 37.0 Å². The van der Waals surface area contributed by atoms with E-state index >= 15 is 0 Å². The fraction of sp³-hybridized carbons (Fsp3) is 0.333. The van der Waals surface area contributed by atoms with Gasteiger partial charge in [0.05, 0.1) is 0 Å². The molecule has 0 unspecified atom stereocenters. The Hall–Kier alpha value is -2.33. The molecule has 2 N–H and O–H groups in total. The minimum absolute atomic E-state index is 0.0154. The molecule has 2 aromatic rings. The van der Waals surface area contributed by atoms with Crippen LogP contribution in [0.5, 0.6) is 0 Å². The zero-order chi connectivity index (χ0) is 19.1. The summed E-state index contributed by atoms with van der Waals surface area (Å²) in [6, 6.07) is 13.4. The molecule has 0 aromatic heterocycles. The van der Waals surface area contributed by atoms with Gasteiger partial charge in [-0.05, 0) is 48.2 Å². The standard InChI is InChI=1S/C21H25ClN2O2/c1-14(2)21(26)24-18-6-4-5-17(11-18)13-23-20(25)10-9-16-8-7-15(3)19(22)12-16/h4-8,11-12,14H,9-10,13H2,1-3H3,(H,23,25)(H,24,26). The fourth-order valence-corrected chi connectivity index (χ4v) is 2.59. The average molecular weight is 373 g/mol. The highest BCUT2D eigenvalue weighted by atomic mass is 35.5. The lowest BCUT2D eigenvalue weighted by atomic mass is 10.1. The highest BCUT2D eigenvalue weighted by Crippen LogP contribution is 2.17. The minimum Gasteiger partial charge on any atom is -0.352 e. The largest absolute Gasteiger partial charge is 0.352 e. The van der Waals surface area contributed by atoms with Crippen molar-refractivity contribution in [3.05, 3.63) is 64.2 Å². The van der Waals surface area contributed by atoms with Crippen molar-refractivity contribution < 1.29 is 9.59 Å². The highest BCUT2D eigenvalue weighted by Gasteiger charge is 2.08. The summed E-state index contributed by atoms with van der Waals surface area (Å²) in [5.74, 6) is -0.116. The number of hydrogen-bond acceptors (Lipinski definition) is 2. The Labute approximate surface area is 159 Å². The van der Waals surface area contributed by atoms with Crippen molar-refractivity contribution in [3.8, 4) is 0 Å². The van der Waals surface area contributed by atoms with Crippen LogP contribution in [0.4, 0.5) is 5.69 Å². The Kier molecular flexibility index (Phi) is 7.22. The lowest BCUT2D eigenvalue weighted by molar-refractivity contribution is -0.121. The molecule has 0 bridgehead atoms. The summed E-state index contributed by atoms with van der Waals surface area (Å²) in [4.78, 5) is 23.8. The van der Waals surface area contributed by atoms with Crippen molar-refractivity contribution in [2.45, 2.75) is 40.2 Å². The summed E-state index contributed by atoms with van der Waals surface area (Å²) in [6.07, 6.45) is 1.06. The Morgan fingerprint density at radius 3 is 2.54 bits per heavy atom. The van der Waals surface area contributed by atoms with E-state index in [-0.39, 0.29) is 17.7 Å². The normalized spacial score (nSPS) is 10.7. The Bertz CT molecular complexity index is 787. The number of carbonyl (C=O) groups excluding carboxylic acids is 2. The van der Waals surface area contributed by atoms with Gasteiger partial charge in [0, 0.05) is 29.6 Å². The molecule has 138 valence electrons. The maximum Gasteiger partial charge on any atom is 0.226 e. The van der Waals surface area contributed by atoms with Gasteiger partial charge < -0.3 is 10.6 Å². The van der Waals surface area contributed by atoms with Gasteiger partial charge in [-0.1, -0.05) is 49.7 Å². The minimum atomic E-state index is -0.0753.